The van der Waals surface area contributed by atoms with Gasteiger partial charge in [0.1, 0.15) is 0 Å². The van der Waals surface area contributed by atoms with E-state index in [1.165, 1.54) is 4.90 Å². The number of nitrogens with one attached hydrogen (secondary N) is 1. The Morgan fingerprint density at radius 3 is 2.63 bits per heavy atom. The third kappa shape index (κ3) is 4.71. The first kappa shape index (κ1) is 14.7. The molecule has 1 fully saturated rings. The van der Waals surface area contributed by atoms with Gasteiger partial charge in [-0.25, -0.2) is 0 Å². The van der Waals surface area contributed by atoms with E-state index in [1.54, 1.807) is 11.8 Å². The summed E-state index contributed by atoms with van der Waals surface area (Å²) in [7, 11) is 0. The smallest absolute Gasteiger partial charge is 0.220 e. The van der Waals surface area contributed by atoms with Crippen molar-refractivity contribution in [2.24, 2.45) is 0 Å². The monoisotopic (exact) mass is 299 g/mol. The number of benzene rings is 1. The Kier molecular flexibility index (Phi) is 5.13. The summed E-state index contributed by atoms with van der Waals surface area (Å²) in [6, 6.07) is 7.71. The Morgan fingerprint density at radius 1 is 1.37 bits per heavy atom. The van der Waals surface area contributed by atoms with Crippen molar-refractivity contribution >= 4 is 29.3 Å². The predicted octanol–water partition coefficient (Wildman–Crippen LogP) is 2.85. The van der Waals surface area contributed by atoms with Crippen LogP contribution in [0.15, 0.2) is 29.2 Å². The number of thioether (sulfide) groups is 1. The van der Waals surface area contributed by atoms with Gasteiger partial charge >= 0.3 is 0 Å². The van der Waals surface area contributed by atoms with Crippen LogP contribution in [-0.2, 0) is 4.79 Å². The number of aliphatic hydroxyl groups excluding tert-OH is 1. The minimum atomic E-state index is -0.291. The van der Waals surface area contributed by atoms with E-state index in [2.05, 4.69) is 5.32 Å². The summed E-state index contributed by atoms with van der Waals surface area (Å²) in [5, 5.41) is 12.8. The Morgan fingerprint density at radius 2 is 2.05 bits per heavy atom. The van der Waals surface area contributed by atoms with Gasteiger partial charge in [-0.2, -0.15) is 0 Å². The fraction of sp³-hybridized carbons (Fsp3) is 0.500. The van der Waals surface area contributed by atoms with E-state index in [0.717, 1.165) is 30.0 Å². The molecule has 0 saturated heterocycles. The van der Waals surface area contributed by atoms with Gasteiger partial charge in [0.15, 0.2) is 0 Å². The van der Waals surface area contributed by atoms with Crippen LogP contribution in [0.25, 0.3) is 0 Å². The van der Waals surface area contributed by atoms with Crippen molar-refractivity contribution in [3.8, 4) is 0 Å². The van der Waals surface area contributed by atoms with E-state index in [1.807, 2.05) is 24.3 Å². The Balaban J connectivity index is 1.61. The largest absolute Gasteiger partial charge is 0.394 e. The summed E-state index contributed by atoms with van der Waals surface area (Å²) in [5.74, 6) is 0.949. The fourth-order valence-electron chi connectivity index (χ4n) is 1.79. The van der Waals surface area contributed by atoms with Crippen molar-refractivity contribution in [1.82, 2.24) is 5.32 Å². The molecule has 0 atom stereocenters. The van der Waals surface area contributed by atoms with Gasteiger partial charge in [0.2, 0.25) is 5.91 Å². The number of rotatable bonds is 7. The van der Waals surface area contributed by atoms with Crippen molar-refractivity contribution < 1.29 is 9.90 Å². The number of hydrogen-bond acceptors (Lipinski definition) is 3. The fourth-order valence-corrected chi connectivity index (χ4v) is 2.76. The molecule has 5 heteroatoms. The average Bonchev–Trinajstić information content (AvgIpc) is 3.17. The average molecular weight is 300 g/mol. The highest BCUT2D eigenvalue weighted by molar-refractivity contribution is 7.99. The first-order chi connectivity index (χ1) is 9.13. The summed E-state index contributed by atoms with van der Waals surface area (Å²) in [6.45, 7) is 0.0538. The van der Waals surface area contributed by atoms with Crippen LogP contribution in [0.4, 0.5) is 0 Å². The lowest BCUT2D eigenvalue weighted by Gasteiger charge is -2.13. The van der Waals surface area contributed by atoms with Crippen molar-refractivity contribution in [3.05, 3.63) is 29.3 Å². The van der Waals surface area contributed by atoms with E-state index >= 15 is 0 Å². The molecular formula is C14H18ClNO2S. The van der Waals surface area contributed by atoms with Gasteiger partial charge in [0.05, 0.1) is 12.1 Å². The first-order valence-electron chi connectivity index (χ1n) is 6.44. The standard InChI is InChI=1S/C14H18ClNO2S/c15-11-3-5-12(6-4-11)19-9-1-2-13(18)16-14(10-17)7-8-14/h3-6,17H,1-2,7-10H2,(H,16,18). The van der Waals surface area contributed by atoms with Crippen LogP contribution in [-0.4, -0.2) is 28.9 Å². The summed E-state index contributed by atoms with van der Waals surface area (Å²) < 4.78 is 0. The molecule has 0 bridgehead atoms. The van der Waals surface area contributed by atoms with Crippen LogP contribution in [0.1, 0.15) is 25.7 Å². The predicted molar refractivity (Wildman–Crippen MR) is 78.6 cm³/mol. The van der Waals surface area contributed by atoms with Gasteiger partial charge in [0, 0.05) is 16.3 Å². The van der Waals surface area contributed by atoms with Crippen LogP contribution in [0, 0.1) is 0 Å². The molecular weight excluding hydrogens is 282 g/mol. The lowest BCUT2D eigenvalue weighted by Crippen LogP contribution is -2.39. The molecule has 1 aromatic rings. The SMILES string of the molecule is O=C(CCCSc1ccc(Cl)cc1)NC1(CO)CC1. The summed E-state index contributed by atoms with van der Waals surface area (Å²) >= 11 is 7.54. The van der Waals surface area contributed by atoms with E-state index in [9.17, 15) is 4.79 Å². The molecule has 1 saturated carbocycles. The van der Waals surface area contributed by atoms with Gasteiger partial charge in [0.25, 0.3) is 0 Å². The topological polar surface area (TPSA) is 49.3 Å². The molecule has 1 aliphatic carbocycles. The van der Waals surface area contributed by atoms with Gasteiger partial charge in [-0.3, -0.25) is 4.79 Å². The number of aliphatic hydroxyl groups is 1. The lowest BCUT2D eigenvalue weighted by atomic mass is 10.2. The second-order valence-electron chi connectivity index (χ2n) is 4.89. The second kappa shape index (κ2) is 6.64. The number of amides is 1. The van der Waals surface area contributed by atoms with Crippen LogP contribution in [0.3, 0.4) is 0 Å². The molecule has 0 unspecified atom stereocenters. The quantitative estimate of drug-likeness (QED) is 0.601. The Hall–Kier alpha value is -0.710. The molecule has 3 nitrogen and oxygen atoms in total. The molecule has 1 aliphatic rings. The zero-order valence-corrected chi connectivity index (χ0v) is 12.3. The molecule has 19 heavy (non-hydrogen) atoms. The zero-order valence-electron chi connectivity index (χ0n) is 10.7. The highest BCUT2D eigenvalue weighted by atomic mass is 35.5. The maximum absolute atomic E-state index is 11.7. The molecule has 0 spiro atoms. The van der Waals surface area contributed by atoms with Crippen LogP contribution >= 0.6 is 23.4 Å². The van der Waals surface area contributed by atoms with Crippen molar-refractivity contribution in [3.63, 3.8) is 0 Å². The van der Waals surface area contributed by atoms with Crippen molar-refractivity contribution in [1.29, 1.82) is 0 Å². The highest BCUT2D eigenvalue weighted by Gasteiger charge is 2.43. The molecule has 104 valence electrons. The molecule has 0 radical (unpaired) electrons. The van der Waals surface area contributed by atoms with E-state index in [4.69, 9.17) is 16.7 Å². The highest BCUT2D eigenvalue weighted by Crippen LogP contribution is 2.34. The third-order valence-electron chi connectivity index (χ3n) is 3.19. The number of halogens is 1. The maximum atomic E-state index is 11.7. The number of carbonyl (C=O) groups is 1. The Bertz CT molecular complexity index is 432. The summed E-state index contributed by atoms with van der Waals surface area (Å²) in [4.78, 5) is 12.8. The van der Waals surface area contributed by atoms with E-state index in [0.29, 0.717) is 6.42 Å². The van der Waals surface area contributed by atoms with Crippen molar-refractivity contribution in [2.75, 3.05) is 12.4 Å². The third-order valence-corrected chi connectivity index (χ3v) is 4.54. The minimum absolute atomic E-state index is 0.0447. The number of carbonyl (C=O) groups excluding carboxylic acids is 1. The second-order valence-corrected chi connectivity index (χ2v) is 6.50. The van der Waals surface area contributed by atoms with Gasteiger partial charge < -0.3 is 10.4 Å². The maximum Gasteiger partial charge on any atom is 0.220 e. The van der Waals surface area contributed by atoms with Gasteiger partial charge in [-0.05, 0) is 49.3 Å². The van der Waals surface area contributed by atoms with Gasteiger partial charge in [-0.1, -0.05) is 11.6 Å². The molecule has 2 N–H and O–H groups in total. The summed E-state index contributed by atoms with van der Waals surface area (Å²) in [5.41, 5.74) is -0.291. The van der Waals surface area contributed by atoms with E-state index in [-0.39, 0.29) is 18.1 Å². The molecule has 1 amide bonds. The van der Waals surface area contributed by atoms with Gasteiger partial charge in [-0.15, -0.1) is 11.8 Å². The van der Waals surface area contributed by atoms with Crippen LogP contribution in [0.5, 0.6) is 0 Å². The van der Waals surface area contributed by atoms with E-state index < -0.39 is 0 Å². The Labute approximate surface area is 122 Å². The van der Waals surface area contributed by atoms with Crippen molar-refractivity contribution in [2.45, 2.75) is 36.1 Å². The first-order valence-corrected chi connectivity index (χ1v) is 7.80. The molecule has 0 heterocycles. The summed E-state index contributed by atoms with van der Waals surface area (Å²) in [6.07, 6.45) is 3.15. The lowest BCUT2D eigenvalue weighted by molar-refractivity contribution is -0.122. The normalized spacial score (nSPS) is 16.1. The molecule has 0 aliphatic heterocycles. The zero-order chi connectivity index (χ0) is 13.7. The molecule has 0 aromatic heterocycles. The molecule has 1 aromatic carbocycles. The minimum Gasteiger partial charge on any atom is -0.394 e. The van der Waals surface area contributed by atoms with Crippen LogP contribution in [0.2, 0.25) is 5.02 Å². The molecule has 2 rings (SSSR count). The number of hydrogen-bond donors (Lipinski definition) is 2. The van der Waals surface area contributed by atoms with Crippen LogP contribution < -0.4 is 5.32 Å².